The Hall–Kier alpha value is -2.99. The zero-order valence-electron chi connectivity index (χ0n) is 15.4. The van der Waals surface area contributed by atoms with Crippen LogP contribution >= 0.6 is 0 Å². The second-order valence-corrected chi connectivity index (χ2v) is 7.61. The molecule has 136 valence electrons. The molecule has 6 heteroatoms. The Morgan fingerprint density at radius 1 is 1.22 bits per heavy atom. The summed E-state index contributed by atoms with van der Waals surface area (Å²) in [7, 11) is 2.06. The molecule has 1 fully saturated rings. The number of likely N-dealkylation sites (tertiary alicyclic amines) is 1. The zero-order valence-corrected chi connectivity index (χ0v) is 15.4. The van der Waals surface area contributed by atoms with Gasteiger partial charge in [-0.1, -0.05) is 0 Å². The molecule has 0 saturated carbocycles. The lowest BCUT2D eigenvalue weighted by Crippen LogP contribution is -2.52. The number of nitrogens with zero attached hydrogens (tertiary/aromatic N) is 4. The molecule has 4 aromatic rings. The van der Waals surface area contributed by atoms with E-state index in [4.69, 9.17) is 0 Å². The molecule has 1 amide bonds. The number of aromatic nitrogens is 4. The van der Waals surface area contributed by atoms with E-state index in [0.717, 1.165) is 53.6 Å². The van der Waals surface area contributed by atoms with Crippen LogP contribution in [0.3, 0.4) is 0 Å². The molecule has 0 radical (unpaired) electrons. The van der Waals surface area contributed by atoms with E-state index in [2.05, 4.69) is 34.2 Å². The number of hydrogen-bond donors (Lipinski definition) is 1. The highest BCUT2D eigenvalue weighted by molar-refractivity contribution is 5.99. The summed E-state index contributed by atoms with van der Waals surface area (Å²) in [6.07, 6.45) is 10.8. The Kier molecular flexibility index (Phi) is 3.62. The Morgan fingerprint density at radius 3 is 2.93 bits per heavy atom. The smallest absolute Gasteiger partial charge is 0.346 e. The number of nitrogens with one attached hydrogen (secondary N) is 1. The summed E-state index contributed by atoms with van der Waals surface area (Å²) in [4.78, 5) is 20.9. The molecule has 0 aromatic carbocycles. The number of carbonyl (C=O) groups excluding carboxylic acids is 1. The molecule has 0 atom stereocenters. The summed E-state index contributed by atoms with van der Waals surface area (Å²) >= 11 is 0. The standard InChI is InChI=1S/C21H21N5O/c1-26(10-3-2-4-11-26)21(27)18-14-24-25-9-7-15(12-19(18)25)17-13-23-20-16(17)6-5-8-22-20/h5-9,12-14H,2-4,10-11H2,1H3/p+1. The third-order valence-electron chi connectivity index (χ3n) is 5.81. The van der Waals surface area contributed by atoms with Gasteiger partial charge < -0.3 is 4.98 Å². The van der Waals surface area contributed by atoms with Crippen LogP contribution in [0.25, 0.3) is 27.7 Å². The van der Waals surface area contributed by atoms with E-state index < -0.39 is 0 Å². The molecule has 5 heterocycles. The van der Waals surface area contributed by atoms with Crippen molar-refractivity contribution in [3.8, 4) is 11.1 Å². The molecule has 0 bridgehead atoms. The van der Waals surface area contributed by atoms with Crippen LogP contribution in [0, 0.1) is 0 Å². The Balaban J connectivity index is 1.62. The third-order valence-corrected chi connectivity index (χ3v) is 5.81. The van der Waals surface area contributed by atoms with Crippen molar-refractivity contribution in [1.29, 1.82) is 0 Å². The van der Waals surface area contributed by atoms with Gasteiger partial charge in [0.25, 0.3) is 0 Å². The number of carbonyl (C=O) groups is 1. The van der Waals surface area contributed by atoms with Crippen LogP contribution in [0.5, 0.6) is 0 Å². The van der Waals surface area contributed by atoms with Crippen molar-refractivity contribution in [1.82, 2.24) is 19.6 Å². The van der Waals surface area contributed by atoms with Gasteiger partial charge in [0, 0.05) is 29.5 Å². The summed E-state index contributed by atoms with van der Waals surface area (Å²) in [6, 6.07) is 8.08. The minimum absolute atomic E-state index is 0.169. The molecule has 6 nitrogen and oxygen atoms in total. The molecule has 0 unspecified atom stereocenters. The maximum atomic E-state index is 13.3. The molecular weight excluding hydrogens is 338 g/mol. The molecule has 0 spiro atoms. The largest absolute Gasteiger partial charge is 0.349 e. The van der Waals surface area contributed by atoms with Crippen molar-refractivity contribution in [2.45, 2.75) is 19.3 Å². The average molecular weight is 360 g/mol. The lowest BCUT2D eigenvalue weighted by atomic mass is 10.0. The SMILES string of the molecule is C[N+]1(C(=O)c2cnn3ccc(-c4c[nH]c5ncccc45)cc23)CCCCC1. The number of H-pyrrole nitrogens is 1. The molecule has 1 saturated heterocycles. The number of fused-ring (bicyclic) bond motifs is 2. The number of piperidine rings is 1. The van der Waals surface area contributed by atoms with Gasteiger partial charge in [0.15, 0.2) is 0 Å². The van der Waals surface area contributed by atoms with E-state index in [9.17, 15) is 4.79 Å². The van der Waals surface area contributed by atoms with Crippen LogP contribution in [0.15, 0.2) is 49.1 Å². The predicted octanol–water partition coefficient (Wildman–Crippen LogP) is 3.65. The number of hydrogen-bond acceptors (Lipinski definition) is 3. The first-order valence-electron chi connectivity index (χ1n) is 9.45. The van der Waals surface area contributed by atoms with Crippen molar-refractivity contribution in [2.75, 3.05) is 20.1 Å². The molecule has 1 aliphatic rings. The first-order valence-corrected chi connectivity index (χ1v) is 9.45. The van der Waals surface area contributed by atoms with Crippen molar-refractivity contribution < 1.29 is 9.28 Å². The van der Waals surface area contributed by atoms with Crippen LogP contribution < -0.4 is 0 Å². The van der Waals surface area contributed by atoms with Crippen molar-refractivity contribution in [3.05, 3.63) is 54.6 Å². The molecule has 0 aliphatic carbocycles. The summed E-state index contributed by atoms with van der Waals surface area (Å²) in [5.74, 6) is 0.169. The van der Waals surface area contributed by atoms with Gasteiger partial charge in [-0.25, -0.2) is 14.3 Å². The number of aromatic amines is 1. The number of pyridine rings is 2. The molecule has 1 aliphatic heterocycles. The molecule has 1 N–H and O–H groups in total. The quantitative estimate of drug-likeness (QED) is 0.555. The van der Waals surface area contributed by atoms with Gasteiger partial charge in [0.2, 0.25) is 0 Å². The van der Waals surface area contributed by atoms with Gasteiger partial charge >= 0.3 is 5.91 Å². The Labute approximate surface area is 157 Å². The van der Waals surface area contributed by atoms with E-state index in [0.29, 0.717) is 10.0 Å². The monoisotopic (exact) mass is 360 g/mol. The van der Waals surface area contributed by atoms with Gasteiger partial charge in [0.1, 0.15) is 11.2 Å². The second kappa shape index (κ2) is 6.03. The van der Waals surface area contributed by atoms with Crippen molar-refractivity contribution >= 4 is 22.5 Å². The maximum absolute atomic E-state index is 13.3. The van der Waals surface area contributed by atoms with Crippen LogP contribution in [-0.4, -0.2) is 50.1 Å². The van der Waals surface area contributed by atoms with Gasteiger partial charge in [-0.2, -0.15) is 5.10 Å². The topological polar surface area (TPSA) is 63.1 Å². The molecular formula is C21H22N5O+. The number of quaternary nitrogens is 1. The minimum atomic E-state index is 0.169. The fourth-order valence-electron chi connectivity index (χ4n) is 4.21. The normalized spacial score (nSPS) is 16.8. The van der Waals surface area contributed by atoms with E-state index in [1.807, 2.05) is 24.5 Å². The highest BCUT2D eigenvalue weighted by Crippen LogP contribution is 2.30. The summed E-state index contributed by atoms with van der Waals surface area (Å²) in [6.45, 7) is 1.81. The van der Waals surface area contributed by atoms with Crippen molar-refractivity contribution in [2.24, 2.45) is 0 Å². The fourth-order valence-corrected chi connectivity index (χ4v) is 4.21. The lowest BCUT2D eigenvalue weighted by Gasteiger charge is -2.34. The highest BCUT2D eigenvalue weighted by atomic mass is 16.2. The van der Waals surface area contributed by atoms with Gasteiger partial charge in [0.05, 0.1) is 31.9 Å². The lowest BCUT2D eigenvalue weighted by molar-refractivity contribution is -0.834. The van der Waals surface area contributed by atoms with Gasteiger partial charge in [-0.3, -0.25) is 4.48 Å². The maximum Gasteiger partial charge on any atom is 0.349 e. The average Bonchev–Trinajstić information content (AvgIpc) is 3.31. The number of amides is 1. The van der Waals surface area contributed by atoms with E-state index >= 15 is 0 Å². The fraction of sp³-hybridized carbons (Fsp3) is 0.286. The third kappa shape index (κ3) is 2.56. The Morgan fingerprint density at radius 2 is 2.07 bits per heavy atom. The van der Waals surface area contributed by atoms with Crippen molar-refractivity contribution in [3.63, 3.8) is 0 Å². The predicted molar refractivity (Wildman–Crippen MR) is 104 cm³/mol. The van der Waals surface area contributed by atoms with E-state index in [-0.39, 0.29) is 5.91 Å². The zero-order chi connectivity index (χ0) is 18.4. The summed E-state index contributed by atoms with van der Waals surface area (Å²) in [5, 5.41) is 5.49. The molecule has 27 heavy (non-hydrogen) atoms. The van der Waals surface area contributed by atoms with Gasteiger partial charge in [-0.15, -0.1) is 0 Å². The summed E-state index contributed by atoms with van der Waals surface area (Å²) < 4.78 is 2.27. The first-order chi connectivity index (χ1) is 13.2. The highest BCUT2D eigenvalue weighted by Gasteiger charge is 2.36. The number of rotatable bonds is 2. The minimum Gasteiger partial charge on any atom is -0.346 e. The van der Waals surface area contributed by atoms with Gasteiger partial charge in [-0.05, 0) is 49.1 Å². The summed E-state index contributed by atoms with van der Waals surface area (Å²) in [5.41, 5.74) is 4.57. The Bertz CT molecular complexity index is 1150. The molecule has 5 rings (SSSR count). The van der Waals surface area contributed by atoms with Crippen LogP contribution in [0.2, 0.25) is 0 Å². The van der Waals surface area contributed by atoms with E-state index in [1.165, 1.54) is 6.42 Å². The van der Waals surface area contributed by atoms with Crippen LogP contribution in [0.1, 0.15) is 29.6 Å². The molecule has 4 aromatic heterocycles. The first kappa shape index (κ1) is 16.2. The second-order valence-electron chi connectivity index (χ2n) is 7.61. The van der Waals surface area contributed by atoms with Crippen LogP contribution in [-0.2, 0) is 0 Å². The van der Waals surface area contributed by atoms with E-state index in [1.54, 1.807) is 16.9 Å². The van der Waals surface area contributed by atoms with Crippen LogP contribution in [0.4, 0.5) is 0 Å².